The maximum atomic E-state index is 2.16. The molecule has 9 heavy (non-hydrogen) atoms. The lowest BCUT2D eigenvalue weighted by atomic mass is 10.2. The third-order valence-electron chi connectivity index (χ3n) is 1.22. The highest BCUT2D eigenvalue weighted by atomic mass is 79.9. The number of likely N-dealkylation sites (N-methyl/N-ethyl adjacent to an activating group) is 1. The van der Waals surface area contributed by atoms with Crippen molar-refractivity contribution in [3.05, 3.63) is 23.9 Å². The predicted octanol–water partition coefficient (Wildman–Crippen LogP) is 1.97. The van der Waals surface area contributed by atoms with Gasteiger partial charge >= 0.3 is 0 Å². The van der Waals surface area contributed by atoms with Crippen LogP contribution in [-0.4, -0.2) is 18.5 Å². The molecule has 0 saturated heterocycles. The van der Waals surface area contributed by atoms with Crippen LogP contribution in [-0.2, 0) is 0 Å². The molecule has 0 aromatic heterocycles. The van der Waals surface area contributed by atoms with E-state index in [9.17, 15) is 0 Å². The SMILES string of the molecule is Br.CC1=CC=CN(C)C1. The molecule has 0 bridgehead atoms. The van der Waals surface area contributed by atoms with Crippen molar-refractivity contribution in [1.82, 2.24) is 4.90 Å². The first-order valence-corrected chi connectivity index (χ1v) is 2.83. The molecule has 0 aromatic carbocycles. The van der Waals surface area contributed by atoms with Crippen LogP contribution in [0.4, 0.5) is 0 Å². The molecule has 2 heteroatoms. The largest absolute Gasteiger partial charge is 0.376 e. The van der Waals surface area contributed by atoms with Gasteiger partial charge in [0, 0.05) is 13.6 Å². The smallest absolute Gasteiger partial charge is 0.0380 e. The van der Waals surface area contributed by atoms with E-state index in [-0.39, 0.29) is 17.0 Å². The van der Waals surface area contributed by atoms with Gasteiger partial charge in [0.05, 0.1) is 0 Å². The van der Waals surface area contributed by atoms with E-state index in [1.165, 1.54) is 5.57 Å². The summed E-state index contributed by atoms with van der Waals surface area (Å²) >= 11 is 0. The maximum absolute atomic E-state index is 2.16. The highest BCUT2D eigenvalue weighted by molar-refractivity contribution is 8.93. The van der Waals surface area contributed by atoms with Crippen molar-refractivity contribution < 1.29 is 0 Å². The summed E-state index contributed by atoms with van der Waals surface area (Å²) < 4.78 is 0. The highest BCUT2D eigenvalue weighted by Gasteiger charge is 1.94. The van der Waals surface area contributed by atoms with Crippen LogP contribution in [0.2, 0.25) is 0 Å². The van der Waals surface area contributed by atoms with E-state index >= 15 is 0 Å². The van der Waals surface area contributed by atoms with Gasteiger partial charge in [-0.15, -0.1) is 17.0 Å². The number of rotatable bonds is 0. The Labute approximate surface area is 66.8 Å². The monoisotopic (exact) mass is 189 g/mol. The average Bonchev–Trinajstić information content (AvgIpc) is 1.64. The lowest BCUT2D eigenvalue weighted by Gasteiger charge is -2.16. The van der Waals surface area contributed by atoms with Gasteiger partial charge < -0.3 is 4.90 Å². The molecular weight excluding hydrogens is 178 g/mol. The van der Waals surface area contributed by atoms with Crippen LogP contribution >= 0.6 is 17.0 Å². The van der Waals surface area contributed by atoms with Gasteiger partial charge in [-0.1, -0.05) is 11.6 Å². The molecule has 0 N–H and O–H groups in total. The van der Waals surface area contributed by atoms with Crippen molar-refractivity contribution in [2.45, 2.75) is 6.92 Å². The zero-order chi connectivity index (χ0) is 5.98. The number of halogens is 1. The summed E-state index contributed by atoms with van der Waals surface area (Å²) in [6, 6.07) is 0. The lowest BCUT2D eigenvalue weighted by Crippen LogP contribution is -2.14. The Hall–Kier alpha value is -0.240. The molecule has 0 saturated carbocycles. The third kappa shape index (κ3) is 2.70. The quantitative estimate of drug-likeness (QED) is 0.564. The maximum Gasteiger partial charge on any atom is 0.0380 e. The van der Waals surface area contributed by atoms with Crippen LogP contribution in [0.15, 0.2) is 23.9 Å². The molecule has 1 aliphatic heterocycles. The van der Waals surface area contributed by atoms with Crippen LogP contribution in [0.1, 0.15) is 6.92 Å². The van der Waals surface area contributed by atoms with Crippen LogP contribution < -0.4 is 0 Å². The fourth-order valence-electron chi connectivity index (χ4n) is 0.853. The second kappa shape index (κ2) is 3.72. The summed E-state index contributed by atoms with van der Waals surface area (Å²) in [6.07, 6.45) is 6.28. The van der Waals surface area contributed by atoms with Crippen LogP contribution in [0.5, 0.6) is 0 Å². The molecule has 52 valence electrons. The number of hydrogen-bond acceptors (Lipinski definition) is 1. The normalized spacial score (nSPS) is 16.7. The number of hydrogen-bond donors (Lipinski definition) is 0. The summed E-state index contributed by atoms with van der Waals surface area (Å²) in [5.41, 5.74) is 1.43. The highest BCUT2D eigenvalue weighted by Crippen LogP contribution is 2.02. The Morgan fingerprint density at radius 1 is 1.56 bits per heavy atom. The molecule has 1 nitrogen and oxygen atoms in total. The molecule has 0 amide bonds. The second-order valence-corrected chi connectivity index (χ2v) is 2.27. The molecule has 1 rings (SSSR count). The Morgan fingerprint density at radius 3 is 2.56 bits per heavy atom. The van der Waals surface area contributed by atoms with Crippen molar-refractivity contribution in [3.63, 3.8) is 0 Å². The average molecular weight is 190 g/mol. The van der Waals surface area contributed by atoms with E-state index in [2.05, 4.69) is 37.2 Å². The molecule has 1 heterocycles. The first kappa shape index (κ1) is 8.76. The van der Waals surface area contributed by atoms with E-state index in [1.807, 2.05) is 0 Å². The Morgan fingerprint density at radius 2 is 2.22 bits per heavy atom. The molecule has 0 spiro atoms. The van der Waals surface area contributed by atoms with E-state index in [1.54, 1.807) is 0 Å². The molecule has 1 aliphatic rings. The van der Waals surface area contributed by atoms with Crippen molar-refractivity contribution in [2.75, 3.05) is 13.6 Å². The standard InChI is InChI=1S/C7H11N.BrH/c1-7-4-3-5-8(2)6-7;/h3-5H,6H2,1-2H3;1H. The molecule has 0 radical (unpaired) electrons. The summed E-state index contributed by atoms with van der Waals surface area (Å²) in [6.45, 7) is 3.22. The second-order valence-electron chi connectivity index (χ2n) is 2.27. The number of nitrogens with zero attached hydrogens (tertiary/aromatic N) is 1. The zero-order valence-electron chi connectivity index (χ0n) is 5.79. The van der Waals surface area contributed by atoms with Crippen molar-refractivity contribution in [2.24, 2.45) is 0 Å². The van der Waals surface area contributed by atoms with Crippen molar-refractivity contribution in [1.29, 1.82) is 0 Å². The van der Waals surface area contributed by atoms with Gasteiger partial charge in [0.15, 0.2) is 0 Å². The lowest BCUT2D eigenvalue weighted by molar-refractivity contribution is 0.491. The summed E-state index contributed by atoms with van der Waals surface area (Å²) in [5.74, 6) is 0. The van der Waals surface area contributed by atoms with Gasteiger partial charge in [0.2, 0.25) is 0 Å². The molecule has 0 fully saturated rings. The molecule has 0 aliphatic carbocycles. The van der Waals surface area contributed by atoms with E-state index in [0.717, 1.165) is 6.54 Å². The van der Waals surface area contributed by atoms with Gasteiger partial charge in [-0.25, -0.2) is 0 Å². The van der Waals surface area contributed by atoms with E-state index in [0.29, 0.717) is 0 Å². The van der Waals surface area contributed by atoms with Crippen LogP contribution in [0, 0.1) is 0 Å². The summed E-state index contributed by atoms with van der Waals surface area (Å²) in [7, 11) is 2.08. The Kier molecular flexibility index (Phi) is 3.62. The summed E-state index contributed by atoms with van der Waals surface area (Å²) in [4.78, 5) is 2.16. The zero-order valence-corrected chi connectivity index (χ0v) is 7.51. The summed E-state index contributed by atoms with van der Waals surface area (Å²) in [5, 5.41) is 0. The van der Waals surface area contributed by atoms with Crippen molar-refractivity contribution in [3.8, 4) is 0 Å². The molecule has 0 aromatic rings. The Balaban J connectivity index is 0.000000640. The minimum absolute atomic E-state index is 0. The molecule has 0 atom stereocenters. The fraction of sp³-hybridized carbons (Fsp3) is 0.429. The van der Waals surface area contributed by atoms with Gasteiger partial charge in [0.25, 0.3) is 0 Å². The van der Waals surface area contributed by atoms with Crippen LogP contribution in [0.3, 0.4) is 0 Å². The molecule has 0 unspecified atom stereocenters. The minimum Gasteiger partial charge on any atom is -0.376 e. The fourth-order valence-corrected chi connectivity index (χ4v) is 0.853. The first-order valence-electron chi connectivity index (χ1n) is 2.83. The Bertz CT molecular complexity index is 138. The number of allylic oxidation sites excluding steroid dienone is 2. The van der Waals surface area contributed by atoms with Gasteiger partial charge in [0.1, 0.15) is 0 Å². The third-order valence-corrected chi connectivity index (χ3v) is 1.22. The van der Waals surface area contributed by atoms with Crippen LogP contribution in [0.25, 0.3) is 0 Å². The first-order chi connectivity index (χ1) is 3.79. The van der Waals surface area contributed by atoms with Crippen molar-refractivity contribution >= 4 is 17.0 Å². The van der Waals surface area contributed by atoms with E-state index < -0.39 is 0 Å². The molecular formula is C7H12BrN. The van der Waals surface area contributed by atoms with Gasteiger partial charge in [-0.3, -0.25) is 0 Å². The topological polar surface area (TPSA) is 3.24 Å². The van der Waals surface area contributed by atoms with Gasteiger partial charge in [-0.05, 0) is 19.2 Å². The predicted molar refractivity (Wildman–Crippen MR) is 45.8 cm³/mol. The minimum atomic E-state index is 0. The van der Waals surface area contributed by atoms with E-state index in [4.69, 9.17) is 0 Å². The van der Waals surface area contributed by atoms with Gasteiger partial charge in [-0.2, -0.15) is 0 Å².